The molecule has 0 aliphatic carbocycles. The average molecular weight is 377 g/mol. The Balaban J connectivity index is 1.85. The number of esters is 1. The van der Waals surface area contributed by atoms with Crippen molar-refractivity contribution in [3.05, 3.63) is 28.8 Å². The summed E-state index contributed by atoms with van der Waals surface area (Å²) in [5.41, 5.74) is 0.625. The summed E-state index contributed by atoms with van der Waals surface area (Å²) in [6, 6.07) is 5.06. The quantitative estimate of drug-likeness (QED) is 0.567. The number of ether oxygens (including phenoxy) is 2. The van der Waals surface area contributed by atoms with E-state index in [4.69, 9.17) is 30.1 Å². The second-order valence-corrected chi connectivity index (χ2v) is 9.27. The first kappa shape index (κ1) is 19.3. The van der Waals surface area contributed by atoms with Gasteiger partial charge in [0.2, 0.25) is 0 Å². The van der Waals surface area contributed by atoms with E-state index in [9.17, 15) is 9.36 Å². The molecule has 1 aromatic carbocycles. The van der Waals surface area contributed by atoms with Crippen LogP contribution in [0.3, 0.4) is 0 Å². The standard InChI is InChI=1S/C16H22ClO6P/c1-11-7-13(5-6-14(11)17)20-8-15(18)23-12(2)24(19)21-9-16(3,4)10-22-24/h5-7,12H,8-10H2,1-4H3. The number of hydrogen-bond donors (Lipinski definition) is 0. The molecule has 1 aromatic rings. The minimum absolute atomic E-state index is 0.215. The van der Waals surface area contributed by atoms with Crippen LogP contribution in [0.4, 0.5) is 0 Å². The monoisotopic (exact) mass is 376 g/mol. The van der Waals surface area contributed by atoms with E-state index in [-0.39, 0.29) is 25.2 Å². The van der Waals surface area contributed by atoms with Crippen molar-refractivity contribution in [3.8, 4) is 5.75 Å². The molecule has 6 nitrogen and oxygen atoms in total. The number of aryl methyl sites for hydroxylation is 1. The van der Waals surface area contributed by atoms with E-state index in [2.05, 4.69) is 0 Å². The molecule has 0 saturated carbocycles. The largest absolute Gasteiger partial charge is 0.482 e. The van der Waals surface area contributed by atoms with Crippen LogP contribution in [0.25, 0.3) is 0 Å². The highest BCUT2D eigenvalue weighted by Crippen LogP contribution is 2.57. The number of hydrogen-bond acceptors (Lipinski definition) is 6. The van der Waals surface area contributed by atoms with Gasteiger partial charge in [-0.05, 0) is 37.6 Å². The Kier molecular flexibility index (Phi) is 5.97. The Morgan fingerprint density at radius 3 is 2.58 bits per heavy atom. The molecule has 1 aliphatic rings. The predicted octanol–water partition coefficient (Wildman–Crippen LogP) is 4.18. The van der Waals surface area contributed by atoms with Crippen molar-refractivity contribution in [2.24, 2.45) is 5.41 Å². The molecule has 1 unspecified atom stereocenters. The van der Waals surface area contributed by atoms with Gasteiger partial charge in [0.15, 0.2) is 12.5 Å². The predicted molar refractivity (Wildman–Crippen MR) is 90.5 cm³/mol. The van der Waals surface area contributed by atoms with E-state index in [1.807, 2.05) is 20.8 Å². The zero-order valence-electron chi connectivity index (χ0n) is 14.2. The molecule has 24 heavy (non-hydrogen) atoms. The fourth-order valence-corrected chi connectivity index (χ4v) is 3.87. The van der Waals surface area contributed by atoms with Gasteiger partial charge in [0, 0.05) is 10.4 Å². The molecule has 134 valence electrons. The number of rotatable bonds is 5. The van der Waals surface area contributed by atoms with Crippen molar-refractivity contribution in [1.82, 2.24) is 0 Å². The number of carbonyl (C=O) groups excluding carboxylic acids is 1. The van der Waals surface area contributed by atoms with Gasteiger partial charge in [-0.1, -0.05) is 25.4 Å². The van der Waals surface area contributed by atoms with Crippen LogP contribution in [0, 0.1) is 12.3 Å². The Morgan fingerprint density at radius 2 is 2.00 bits per heavy atom. The summed E-state index contributed by atoms with van der Waals surface area (Å²) < 4.78 is 33.7. The summed E-state index contributed by atoms with van der Waals surface area (Å²) in [6.07, 6.45) is 0. The summed E-state index contributed by atoms with van der Waals surface area (Å²) >= 11 is 5.93. The third-order valence-corrected chi connectivity index (χ3v) is 5.90. The lowest BCUT2D eigenvalue weighted by Gasteiger charge is -2.35. The smallest absolute Gasteiger partial charge is 0.370 e. The maximum Gasteiger partial charge on any atom is 0.370 e. The van der Waals surface area contributed by atoms with Crippen molar-refractivity contribution >= 4 is 25.2 Å². The Hall–Kier alpha value is -1.07. The van der Waals surface area contributed by atoms with Gasteiger partial charge in [0.05, 0.1) is 13.2 Å². The van der Waals surface area contributed by atoms with E-state index >= 15 is 0 Å². The van der Waals surface area contributed by atoms with Gasteiger partial charge >= 0.3 is 13.6 Å². The first-order valence-electron chi connectivity index (χ1n) is 7.59. The molecule has 0 spiro atoms. The Labute approximate surface area is 146 Å². The Bertz CT molecular complexity index is 646. The molecule has 1 saturated heterocycles. The molecule has 1 aliphatic heterocycles. The van der Waals surface area contributed by atoms with E-state index in [0.717, 1.165) is 5.56 Å². The lowest BCUT2D eigenvalue weighted by Crippen LogP contribution is -2.33. The molecule has 0 aromatic heterocycles. The van der Waals surface area contributed by atoms with Gasteiger partial charge in [0.1, 0.15) is 5.75 Å². The second-order valence-electron chi connectivity index (χ2n) is 6.54. The van der Waals surface area contributed by atoms with E-state index in [1.165, 1.54) is 6.92 Å². The van der Waals surface area contributed by atoms with Gasteiger partial charge in [-0.15, -0.1) is 0 Å². The van der Waals surface area contributed by atoms with E-state index < -0.39 is 19.4 Å². The minimum Gasteiger partial charge on any atom is -0.482 e. The Morgan fingerprint density at radius 1 is 1.38 bits per heavy atom. The fraction of sp³-hybridized carbons (Fsp3) is 0.562. The van der Waals surface area contributed by atoms with Crippen LogP contribution in [0.1, 0.15) is 26.3 Å². The number of carbonyl (C=O) groups is 1. The maximum absolute atomic E-state index is 12.5. The summed E-state index contributed by atoms with van der Waals surface area (Å²) in [6.45, 7) is 7.46. The van der Waals surface area contributed by atoms with Crippen LogP contribution < -0.4 is 4.74 Å². The van der Waals surface area contributed by atoms with Crippen molar-refractivity contribution in [2.45, 2.75) is 33.5 Å². The normalized spacial score (nSPS) is 20.2. The third-order valence-electron chi connectivity index (χ3n) is 3.50. The molecule has 0 N–H and O–H groups in total. The highest BCUT2D eigenvalue weighted by Gasteiger charge is 2.42. The van der Waals surface area contributed by atoms with Crippen molar-refractivity contribution in [3.63, 3.8) is 0 Å². The van der Waals surface area contributed by atoms with Crippen LogP contribution >= 0.6 is 19.2 Å². The topological polar surface area (TPSA) is 71.1 Å². The molecule has 1 fully saturated rings. The molecule has 1 atom stereocenters. The lowest BCUT2D eigenvalue weighted by atomic mass is 9.97. The van der Waals surface area contributed by atoms with Crippen molar-refractivity contribution in [2.75, 3.05) is 19.8 Å². The van der Waals surface area contributed by atoms with Crippen LogP contribution in [-0.2, 0) is 23.1 Å². The molecular formula is C16H22ClO6P. The van der Waals surface area contributed by atoms with Crippen LogP contribution in [-0.4, -0.2) is 31.6 Å². The molecular weight excluding hydrogens is 355 g/mol. The highest BCUT2D eigenvalue weighted by atomic mass is 35.5. The minimum atomic E-state index is -3.46. The van der Waals surface area contributed by atoms with Gasteiger partial charge < -0.3 is 18.5 Å². The number of benzene rings is 1. The molecule has 1 heterocycles. The summed E-state index contributed by atoms with van der Waals surface area (Å²) in [5.74, 6) is -1.14. The first-order chi connectivity index (χ1) is 11.1. The lowest BCUT2D eigenvalue weighted by molar-refractivity contribution is -0.148. The molecule has 0 radical (unpaired) electrons. The van der Waals surface area contributed by atoms with Gasteiger partial charge in [0.25, 0.3) is 0 Å². The van der Waals surface area contributed by atoms with Crippen LogP contribution in [0.5, 0.6) is 5.75 Å². The summed E-state index contributed by atoms with van der Waals surface area (Å²) in [4.78, 5) is 11.9. The van der Waals surface area contributed by atoms with Crippen molar-refractivity contribution in [1.29, 1.82) is 0 Å². The summed E-state index contributed by atoms with van der Waals surface area (Å²) in [5, 5.41) is 0.617. The third kappa shape index (κ3) is 4.96. The average Bonchev–Trinajstić information content (AvgIpc) is 2.51. The van der Waals surface area contributed by atoms with E-state index in [1.54, 1.807) is 18.2 Å². The highest BCUT2D eigenvalue weighted by molar-refractivity contribution is 7.54. The molecule has 0 bridgehead atoms. The second kappa shape index (κ2) is 7.44. The van der Waals surface area contributed by atoms with E-state index in [0.29, 0.717) is 10.8 Å². The number of halogens is 1. The van der Waals surface area contributed by atoms with Gasteiger partial charge in [-0.2, -0.15) is 0 Å². The maximum atomic E-state index is 12.5. The zero-order chi connectivity index (χ0) is 18.0. The van der Waals surface area contributed by atoms with Gasteiger partial charge in [-0.25, -0.2) is 4.79 Å². The zero-order valence-corrected chi connectivity index (χ0v) is 15.9. The fourth-order valence-electron chi connectivity index (χ4n) is 1.96. The van der Waals surface area contributed by atoms with Crippen LogP contribution in [0.2, 0.25) is 5.02 Å². The van der Waals surface area contributed by atoms with Crippen molar-refractivity contribution < 1.29 is 27.9 Å². The van der Waals surface area contributed by atoms with Gasteiger partial charge in [-0.3, -0.25) is 4.57 Å². The SMILES string of the molecule is Cc1cc(OCC(=O)OC(C)P2(=O)OCC(C)(C)CO2)ccc1Cl. The first-order valence-corrected chi connectivity index (χ1v) is 9.57. The molecule has 8 heteroatoms. The summed E-state index contributed by atoms with van der Waals surface area (Å²) in [7, 11) is -3.46. The molecule has 0 amide bonds. The molecule has 2 rings (SSSR count). The van der Waals surface area contributed by atoms with Crippen LogP contribution in [0.15, 0.2) is 18.2 Å².